The van der Waals surface area contributed by atoms with Crippen molar-refractivity contribution in [3.63, 3.8) is 0 Å². The quantitative estimate of drug-likeness (QED) is 0.513. The molecule has 1 saturated heterocycles. The van der Waals surface area contributed by atoms with Gasteiger partial charge in [0.1, 0.15) is 17.0 Å². The maximum absolute atomic E-state index is 14.0. The highest BCUT2D eigenvalue weighted by Crippen LogP contribution is 2.28. The number of halogens is 1. The highest BCUT2D eigenvalue weighted by molar-refractivity contribution is 5.98. The number of amides is 1. The van der Waals surface area contributed by atoms with Crippen LogP contribution in [0.4, 0.5) is 10.4 Å². The molecule has 1 fully saturated rings. The van der Waals surface area contributed by atoms with Gasteiger partial charge in [-0.05, 0) is 43.0 Å². The Balaban J connectivity index is 1.40. The van der Waals surface area contributed by atoms with Crippen molar-refractivity contribution in [3.8, 4) is 5.69 Å². The first-order chi connectivity index (χ1) is 15.6. The highest BCUT2D eigenvalue weighted by Gasteiger charge is 2.33. The van der Waals surface area contributed by atoms with Crippen molar-refractivity contribution in [1.82, 2.24) is 24.9 Å². The number of rotatable bonds is 5. The van der Waals surface area contributed by atoms with Crippen molar-refractivity contribution in [2.45, 2.75) is 25.8 Å². The van der Waals surface area contributed by atoms with E-state index in [1.165, 1.54) is 35.4 Å². The lowest BCUT2D eigenvalue weighted by Crippen LogP contribution is -2.51. The molecular formula is C23H23FN6O2. The van der Waals surface area contributed by atoms with E-state index >= 15 is 0 Å². The summed E-state index contributed by atoms with van der Waals surface area (Å²) in [5.74, 6) is -0.348. The number of para-hydroxylation sites is 2. The van der Waals surface area contributed by atoms with Crippen LogP contribution in [0.3, 0.4) is 0 Å². The molecule has 0 spiro atoms. The van der Waals surface area contributed by atoms with Crippen LogP contribution in [-0.2, 0) is 0 Å². The average Bonchev–Trinajstić information content (AvgIpc) is 3.47. The maximum atomic E-state index is 14.0. The molecule has 2 atom stereocenters. The van der Waals surface area contributed by atoms with Gasteiger partial charge in [0, 0.05) is 19.2 Å². The molecule has 164 valence electrons. The van der Waals surface area contributed by atoms with E-state index in [2.05, 4.69) is 27.4 Å². The van der Waals surface area contributed by atoms with Crippen LogP contribution >= 0.6 is 0 Å². The van der Waals surface area contributed by atoms with Gasteiger partial charge in [-0.25, -0.2) is 4.39 Å². The van der Waals surface area contributed by atoms with Crippen LogP contribution in [-0.4, -0.2) is 49.9 Å². The molecular weight excluding hydrogens is 411 g/mol. The molecule has 8 nitrogen and oxygen atoms in total. The summed E-state index contributed by atoms with van der Waals surface area (Å²) < 4.78 is 19.7. The second-order valence-corrected chi connectivity index (χ2v) is 8.03. The van der Waals surface area contributed by atoms with E-state index in [0.717, 1.165) is 18.4 Å². The first-order valence-corrected chi connectivity index (χ1v) is 10.7. The zero-order chi connectivity index (χ0) is 22.1. The topological polar surface area (TPSA) is 89.1 Å². The van der Waals surface area contributed by atoms with E-state index in [9.17, 15) is 9.18 Å². The van der Waals surface area contributed by atoms with Gasteiger partial charge in [0.25, 0.3) is 11.9 Å². The van der Waals surface area contributed by atoms with E-state index < -0.39 is 5.82 Å². The summed E-state index contributed by atoms with van der Waals surface area (Å²) in [5, 5.41) is 11.4. The molecule has 2 aromatic carbocycles. The number of anilines is 1. The summed E-state index contributed by atoms with van der Waals surface area (Å²) >= 11 is 0. The van der Waals surface area contributed by atoms with Crippen LogP contribution in [0.1, 0.15) is 30.1 Å². The number of hydrogen-bond donors (Lipinski definition) is 1. The third-order valence-electron chi connectivity index (χ3n) is 5.96. The van der Waals surface area contributed by atoms with Crippen LogP contribution < -0.4 is 5.32 Å². The molecule has 1 amide bonds. The number of benzene rings is 2. The van der Waals surface area contributed by atoms with Gasteiger partial charge in [0.05, 0.1) is 24.0 Å². The molecule has 0 bridgehead atoms. The Morgan fingerprint density at radius 3 is 2.84 bits per heavy atom. The number of nitrogens with one attached hydrogen (secondary N) is 1. The minimum Gasteiger partial charge on any atom is -0.424 e. The van der Waals surface area contributed by atoms with Crippen LogP contribution in [0.15, 0.2) is 59.3 Å². The molecule has 32 heavy (non-hydrogen) atoms. The zero-order valence-electron chi connectivity index (χ0n) is 17.6. The first kappa shape index (κ1) is 20.2. The van der Waals surface area contributed by atoms with E-state index in [-0.39, 0.29) is 17.9 Å². The molecule has 1 N–H and O–H groups in total. The van der Waals surface area contributed by atoms with Crippen LogP contribution in [0.2, 0.25) is 0 Å². The minimum absolute atomic E-state index is 0.0743. The molecule has 3 heterocycles. The Morgan fingerprint density at radius 2 is 2.03 bits per heavy atom. The van der Waals surface area contributed by atoms with Crippen LogP contribution in [0.5, 0.6) is 0 Å². The van der Waals surface area contributed by atoms with Gasteiger partial charge in [-0.15, -0.1) is 0 Å². The van der Waals surface area contributed by atoms with Crippen molar-refractivity contribution in [1.29, 1.82) is 0 Å². The van der Waals surface area contributed by atoms with Gasteiger partial charge < -0.3 is 14.6 Å². The third-order valence-corrected chi connectivity index (χ3v) is 5.96. The van der Waals surface area contributed by atoms with Gasteiger partial charge in [-0.1, -0.05) is 19.1 Å². The smallest absolute Gasteiger partial charge is 0.295 e. The summed E-state index contributed by atoms with van der Waals surface area (Å²) in [6.45, 7) is 3.25. The molecule has 0 saturated carbocycles. The Morgan fingerprint density at radius 1 is 1.22 bits per heavy atom. The predicted octanol–water partition coefficient (Wildman–Crippen LogP) is 3.90. The number of hydrogen-bond acceptors (Lipinski definition) is 6. The predicted molar refractivity (Wildman–Crippen MR) is 117 cm³/mol. The highest BCUT2D eigenvalue weighted by atomic mass is 19.1. The number of piperidine rings is 1. The van der Waals surface area contributed by atoms with Gasteiger partial charge in [-0.2, -0.15) is 20.0 Å². The third kappa shape index (κ3) is 3.81. The summed E-state index contributed by atoms with van der Waals surface area (Å²) in [4.78, 5) is 21.2. The summed E-state index contributed by atoms with van der Waals surface area (Å²) in [7, 11) is 0. The molecule has 0 radical (unpaired) electrons. The monoisotopic (exact) mass is 434 g/mol. The lowest BCUT2D eigenvalue weighted by molar-refractivity contribution is 0.0539. The summed E-state index contributed by atoms with van der Waals surface area (Å²) in [6.07, 6.45) is 4.91. The van der Waals surface area contributed by atoms with Gasteiger partial charge in [0.15, 0.2) is 5.58 Å². The normalized spacial score (nSPS) is 18.8. The van der Waals surface area contributed by atoms with Crippen molar-refractivity contribution in [2.75, 3.05) is 18.4 Å². The number of carbonyl (C=O) groups excluding carboxylic acids is 1. The standard InChI is InChI=1S/C23H23FN6O2/c1-15-5-4-12-29(20(15)14-25-23-28-18-6-2-3-7-21(18)32-23)22(31)17-9-8-16(24)13-19(17)30-26-10-11-27-30/h2-3,6-11,13,15,20H,4-5,12,14H2,1H3,(H,25,28). The Kier molecular flexibility index (Phi) is 5.30. The molecule has 1 aliphatic heterocycles. The van der Waals surface area contributed by atoms with Crippen LogP contribution in [0.25, 0.3) is 16.8 Å². The maximum Gasteiger partial charge on any atom is 0.295 e. The Hall–Kier alpha value is -3.75. The second kappa shape index (κ2) is 8.41. The summed E-state index contributed by atoms with van der Waals surface area (Å²) in [6, 6.07) is 12.0. The second-order valence-electron chi connectivity index (χ2n) is 8.03. The lowest BCUT2D eigenvalue weighted by Gasteiger charge is -2.40. The van der Waals surface area contributed by atoms with Crippen molar-refractivity contribution in [3.05, 3.63) is 66.2 Å². The SMILES string of the molecule is CC1CCCN(C(=O)c2ccc(F)cc2-n2nccn2)C1CNc1nc2ccccc2o1. The minimum atomic E-state index is -0.449. The molecule has 0 aliphatic carbocycles. The fraction of sp³-hybridized carbons (Fsp3) is 0.304. The van der Waals surface area contributed by atoms with E-state index in [1.807, 2.05) is 29.2 Å². The number of likely N-dealkylation sites (tertiary alicyclic amines) is 1. The van der Waals surface area contributed by atoms with E-state index in [0.29, 0.717) is 35.9 Å². The number of nitrogens with zero attached hydrogens (tertiary/aromatic N) is 5. The number of fused-ring (bicyclic) bond motifs is 1. The average molecular weight is 434 g/mol. The van der Waals surface area contributed by atoms with Gasteiger partial charge in [-0.3, -0.25) is 4.79 Å². The van der Waals surface area contributed by atoms with E-state index in [4.69, 9.17) is 4.42 Å². The number of oxazole rings is 1. The fourth-order valence-electron chi connectivity index (χ4n) is 4.30. The number of carbonyl (C=O) groups is 1. The molecule has 5 rings (SSSR count). The van der Waals surface area contributed by atoms with Gasteiger partial charge >= 0.3 is 0 Å². The van der Waals surface area contributed by atoms with Crippen molar-refractivity contribution < 1.29 is 13.6 Å². The fourth-order valence-corrected chi connectivity index (χ4v) is 4.30. The molecule has 4 aromatic rings. The van der Waals surface area contributed by atoms with Crippen molar-refractivity contribution >= 4 is 23.0 Å². The first-order valence-electron chi connectivity index (χ1n) is 10.7. The molecule has 1 aliphatic rings. The van der Waals surface area contributed by atoms with Crippen LogP contribution in [0, 0.1) is 11.7 Å². The largest absolute Gasteiger partial charge is 0.424 e. The zero-order valence-corrected chi connectivity index (χ0v) is 17.6. The van der Waals surface area contributed by atoms with Crippen molar-refractivity contribution in [2.24, 2.45) is 5.92 Å². The summed E-state index contributed by atoms with van der Waals surface area (Å²) in [5.41, 5.74) is 2.18. The lowest BCUT2D eigenvalue weighted by atomic mass is 9.90. The Labute approximate surface area is 184 Å². The number of aromatic nitrogens is 4. The molecule has 2 unspecified atom stereocenters. The van der Waals surface area contributed by atoms with Gasteiger partial charge in [0.2, 0.25) is 0 Å². The Bertz CT molecular complexity index is 1210. The molecule has 9 heteroatoms. The van der Waals surface area contributed by atoms with E-state index in [1.54, 1.807) is 0 Å². The molecule has 2 aromatic heterocycles.